The lowest BCUT2D eigenvalue weighted by Crippen LogP contribution is -2.54. The third-order valence-electron chi connectivity index (χ3n) is 4.89. The molecule has 0 aromatic heterocycles. The van der Waals surface area contributed by atoms with E-state index in [4.69, 9.17) is 9.47 Å². The molecule has 0 radical (unpaired) electrons. The summed E-state index contributed by atoms with van der Waals surface area (Å²) in [7, 11) is 1.36. The zero-order chi connectivity index (χ0) is 22.8. The van der Waals surface area contributed by atoms with Gasteiger partial charge >= 0.3 is 6.09 Å². The van der Waals surface area contributed by atoms with Crippen molar-refractivity contribution in [1.82, 2.24) is 10.6 Å². The van der Waals surface area contributed by atoms with Crippen LogP contribution >= 0.6 is 0 Å². The van der Waals surface area contributed by atoms with Gasteiger partial charge in [0.05, 0.1) is 12.7 Å². The minimum Gasteiger partial charge on any atom is -0.494 e. The number of amides is 2. The zero-order valence-electron chi connectivity index (χ0n) is 17.9. The summed E-state index contributed by atoms with van der Waals surface area (Å²) in [6.45, 7) is 5.34. The lowest BCUT2D eigenvalue weighted by Gasteiger charge is -2.36. The molecule has 0 bridgehead atoms. The fourth-order valence-corrected chi connectivity index (χ4v) is 3.32. The van der Waals surface area contributed by atoms with Crippen LogP contribution in [0.2, 0.25) is 0 Å². The van der Waals surface area contributed by atoms with Crippen molar-refractivity contribution in [2.24, 2.45) is 0 Å². The number of rotatable bonds is 5. The number of nitrogens with one attached hydrogen (secondary N) is 2. The molecule has 6 nitrogen and oxygen atoms in total. The van der Waals surface area contributed by atoms with Crippen LogP contribution in [0, 0.1) is 11.6 Å². The van der Waals surface area contributed by atoms with Crippen molar-refractivity contribution < 1.29 is 27.8 Å². The summed E-state index contributed by atoms with van der Waals surface area (Å²) in [4.78, 5) is 24.2. The monoisotopic (exact) mass is 432 g/mol. The van der Waals surface area contributed by atoms with Gasteiger partial charge < -0.3 is 20.1 Å². The number of hydrogen-bond donors (Lipinski definition) is 2. The second-order valence-electron chi connectivity index (χ2n) is 8.53. The van der Waals surface area contributed by atoms with Crippen molar-refractivity contribution in [3.63, 3.8) is 0 Å². The van der Waals surface area contributed by atoms with E-state index >= 15 is 0 Å². The number of carbonyl (C=O) groups is 2. The largest absolute Gasteiger partial charge is 0.494 e. The van der Waals surface area contributed by atoms with E-state index in [1.54, 1.807) is 32.9 Å². The number of hydrogen-bond acceptors (Lipinski definition) is 4. The van der Waals surface area contributed by atoms with Crippen LogP contribution in [0.5, 0.6) is 5.75 Å². The average molecular weight is 432 g/mol. The van der Waals surface area contributed by atoms with Gasteiger partial charge in [-0.05, 0) is 69.0 Å². The number of benzene rings is 2. The van der Waals surface area contributed by atoms with Crippen molar-refractivity contribution in [3.8, 4) is 16.9 Å². The molecule has 3 rings (SSSR count). The van der Waals surface area contributed by atoms with Gasteiger partial charge in [-0.25, -0.2) is 13.6 Å². The quantitative estimate of drug-likeness (QED) is 0.733. The second-order valence-corrected chi connectivity index (χ2v) is 8.53. The summed E-state index contributed by atoms with van der Waals surface area (Å²) in [6.07, 6.45) is 0.574. The van der Waals surface area contributed by atoms with Crippen molar-refractivity contribution in [1.29, 1.82) is 0 Å². The molecule has 2 N–H and O–H groups in total. The average Bonchev–Trinajstić information content (AvgIpc) is 2.64. The van der Waals surface area contributed by atoms with E-state index in [0.717, 1.165) is 0 Å². The first-order valence-electron chi connectivity index (χ1n) is 9.99. The van der Waals surface area contributed by atoms with E-state index in [0.29, 0.717) is 24.0 Å². The maximum absolute atomic E-state index is 14.6. The van der Waals surface area contributed by atoms with Gasteiger partial charge in [0.15, 0.2) is 11.6 Å². The Hall–Kier alpha value is -3.16. The first kappa shape index (κ1) is 22.5. The van der Waals surface area contributed by atoms with Crippen molar-refractivity contribution in [2.45, 2.75) is 51.3 Å². The Kier molecular flexibility index (Phi) is 6.48. The third-order valence-corrected chi connectivity index (χ3v) is 4.89. The fraction of sp³-hybridized carbons (Fsp3) is 0.391. The first-order chi connectivity index (χ1) is 14.6. The van der Waals surface area contributed by atoms with Gasteiger partial charge in [0.2, 0.25) is 0 Å². The molecule has 1 fully saturated rings. The maximum Gasteiger partial charge on any atom is 0.407 e. The van der Waals surface area contributed by atoms with Crippen molar-refractivity contribution in [3.05, 3.63) is 53.6 Å². The molecule has 31 heavy (non-hydrogen) atoms. The summed E-state index contributed by atoms with van der Waals surface area (Å²) in [6, 6.07) is 8.19. The molecule has 8 heteroatoms. The molecule has 0 aliphatic heterocycles. The summed E-state index contributed by atoms with van der Waals surface area (Å²) in [5, 5.41) is 5.50. The Balaban J connectivity index is 1.56. The molecule has 0 unspecified atom stereocenters. The molecule has 0 spiro atoms. The predicted octanol–water partition coefficient (Wildman–Crippen LogP) is 4.43. The predicted molar refractivity (Wildman–Crippen MR) is 112 cm³/mol. The Morgan fingerprint density at radius 1 is 0.935 bits per heavy atom. The van der Waals surface area contributed by atoms with Gasteiger partial charge in [0, 0.05) is 12.1 Å². The summed E-state index contributed by atoms with van der Waals surface area (Å²) < 4.78 is 38.5. The van der Waals surface area contributed by atoms with Crippen LogP contribution in [0.3, 0.4) is 0 Å². The van der Waals surface area contributed by atoms with Gasteiger partial charge in [-0.15, -0.1) is 0 Å². The highest BCUT2D eigenvalue weighted by molar-refractivity contribution is 5.95. The normalized spacial score (nSPS) is 18.0. The molecule has 166 valence electrons. The molecule has 0 saturated heterocycles. The van der Waals surface area contributed by atoms with Gasteiger partial charge in [-0.2, -0.15) is 0 Å². The second kappa shape index (κ2) is 8.91. The van der Waals surface area contributed by atoms with Gasteiger partial charge in [0.1, 0.15) is 11.4 Å². The Morgan fingerprint density at radius 2 is 1.52 bits per heavy atom. The number of methoxy groups -OCH3 is 1. The minimum absolute atomic E-state index is 0.0960. The van der Waals surface area contributed by atoms with E-state index in [9.17, 15) is 18.4 Å². The van der Waals surface area contributed by atoms with Crippen LogP contribution in [0.4, 0.5) is 13.6 Å². The molecular weight excluding hydrogens is 406 g/mol. The van der Waals surface area contributed by atoms with E-state index in [1.165, 1.54) is 31.4 Å². The molecule has 2 aromatic carbocycles. The van der Waals surface area contributed by atoms with Crippen molar-refractivity contribution >= 4 is 12.0 Å². The number of ether oxygens (including phenoxy) is 2. The number of alkyl carbamates (subject to hydrolysis) is 1. The van der Waals surface area contributed by atoms with Crippen LogP contribution in [0.25, 0.3) is 11.1 Å². The number of halogens is 2. The molecular formula is C23H26F2N2O4. The van der Waals surface area contributed by atoms with Crippen LogP contribution in [-0.4, -0.2) is 36.8 Å². The summed E-state index contributed by atoms with van der Waals surface area (Å²) in [5.74, 6) is -1.69. The zero-order valence-corrected chi connectivity index (χ0v) is 17.9. The molecule has 0 atom stereocenters. The fourth-order valence-electron chi connectivity index (χ4n) is 3.32. The topological polar surface area (TPSA) is 76.7 Å². The van der Waals surface area contributed by atoms with E-state index in [1.807, 2.05) is 0 Å². The highest BCUT2D eigenvalue weighted by Gasteiger charge is 2.33. The van der Waals surface area contributed by atoms with Gasteiger partial charge in [0.25, 0.3) is 5.91 Å². The third kappa shape index (κ3) is 5.71. The summed E-state index contributed by atoms with van der Waals surface area (Å²) >= 11 is 0. The molecule has 2 aromatic rings. The van der Waals surface area contributed by atoms with E-state index < -0.39 is 29.2 Å². The Morgan fingerprint density at radius 3 is 2.06 bits per heavy atom. The van der Waals surface area contributed by atoms with E-state index in [2.05, 4.69) is 10.6 Å². The Labute approximate surface area is 179 Å². The Bertz CT molecular complexity index is 982. The van der Waals surface area contributed by atoms with Crippen LogP contribution < -0.4 is 15.4 Å². The smallest absolute Gasteiger partial charge is 0.407 e. The highest BCUT2D eigenvalue weighted by atomic mass is 19.1. The standard InChI is InChI=1S/C23H26F2N2O4/c1-23(2,3)31-22(29)27-16-11-15(12-16)26-21(28)17-7-5-13(9-18(17)24)14-6-8-20(30-4)19(25)10-14/h5-10,15-16H,11-12H2,1-4H3,(H,26,28)(H,27,29)/t15-,16+. The SMILES string of the molecule is COc1ccc(-c2ccc(C(=O)N[C@H]3C[C@@H](NC(=O)OC(C)(C)C)C3)c(F)c2)cc1F. The molecule has 1 aliphatic carbocycles. The molecule has 0 heterocycles. The summed E-state index contributed by atoms with van der Waals surface area (Å²) in [5.41, 5.74) is 0.240. The highest BCUT2D eigenvalue weighted by Crippen LogP contribution is 2.27. The van der Waals surface area contributed by atoms with Crippen LogP contribution in [-0.2, 0) is 4.74 Å². The van der Waals surface area contributed by atoms with Crippen molar-refractivity contribution in [2.75, 3.05) is 7.11 Å². The molecule has 1 aliphatic rings. The molecule has 2 amide bonds. The molecule has 1 saturated carbocycles. The lowest BCUT2D eigenvalue weighted by atomic mass is 9.86. The maximum atomic E-state index is 14.6. The van der Waals surface area contributed by atoms with Crippen LogP contribution in [0.1, 0.15) is 44.0 Å². The number of carbonyl (C=O) groups excluding carboxylic acids is 2. The first-order valence-corrected chi connectivity index (χ1v) is 9.99. The minimum atomic E-state index is -0.700. The van der Waals surface area contributed by atoms with Crippen LogP contribution in [0.15, 0.2) is 36.4 Å². The van der Waals surface area contributed by atoms with E-state index in [-0.39, 0.29) is 23.4 Å². The lowest BCUT2D eigenvalue weighted by molar-refractivity contribution is 0.0465. The van der Waals surface area contributed by atoms with Gasteiger partial charge in [-0.3, -0.25) is 4.79 Å². The van der Waals surface area contributed by atoms with Gasteiger partial charge in [-0.1, -0.05) is 12.1 Å².